The lowest BCUT2D eigenvalue weighted by molar-refractivity contribution is 0.342. The topological polar surface area (TPSA) is 90.9 Å². The van der Waals surface area contributed by atoms with E-state index in [1.807, 2.05) is 42.5 Å². The number of hydrogen-bond acceptors (Lipinski definition) is 6. The van der Waals surface area contributed by atoms with Gasteiger partial charge in [-0.1, -0.05) is 12.1 Å². The summed E-state index contributed by atoms with van der Waals surface area (Å²) < 4.78 is 8.06. The summed E-state index contributed by atoms with van der Waals surface area (Å²) in [6.07, 6.45) is 3.85. The van der Waals surface area contributed by atoms with Crippen LogP contribution in [0.1, 0.15) is 24.4 Å². The van der Waals surface area contributed by atoms with Crippen LogP contribution in [-0.4, -0.2) is 32.3 Å². The van der Waals surface area contributed by atoms with Gasteiger partial charge in [-0.05, 0) is 74.2 Å². The predicted octanol–water partition coefficient (Wildman–Crippen LogP) is 4.10. The van der Waals surface area contributed by atoms with E-state index in [2.05, 4.69) is 33.0 Å². The molecule has 7 heteroatoms. The first-order valence-electron chi connectivity index (χ1n) is 10.7. The molecule has 6 rings (SSSR count). The molecule has 0 amide bonds. The SMILES string of the molecule is Cc1cccc(Oc2ccc(-c3nn(C4CC5CNC4C5)c4ncnc(N)c34)cc2)c1. The van der Waals surface area contributed by atoms with E-state index in [1.54, 1.807) is 0 Å². The average Bonchev–Trinajstić information content (AvgIpc) is 3.49. The number of aromatic nitrogens is 4. The standard InChI is InChI=1S/C24H24N6O/c1-14-3-2-4-18(9-14)31-17-7-5-16(6-8-17)22-21-23(25)27-13-28-24(21)30(29-22)20-11-15-10-19(20)26-12-15/h2-9,13,15,19-20,26H,10-12H2,1H3,(H2,25,27,28). The summed E-state index contributed by atoms with van der Waals surface area (Å²) in [4.78, 5) is 8.79. The van der Waals surface area contributed by atoms with Crippen molar-refractivity contribution in [2.24, 2.45) is 5.92 Å². The van der Waals surface area contributed by atoms with Crippen LogP contribution in [0.4, 0.5) is 5.82 Å². The molecule has 2 fully saturated rings. The lowest BCUT2D eigenvalue weighted by Gasteiger charge is -2.23. The first-order chi connectivity index (χ1) is 15.2. The number of anilines is 1. The molecule has 3 heterocycles. The van der Waals surface area contributed by atoms with Crippen molar-refractivity contribution in [3.63, 3.8) is 0 Å². The molecule has 156 valence electrons. The summed E-state index contributed by atoms with van der Waals surface area (Å²) in [5, 5.41) is 9.43. The number of nitrogens with one attached hydrogen (secondary N) is 1. The molecule has 3 N–H and O–H groups in total. The molecular formula is C24H24N6O. The van der Waals surface area contributed by atoms with E-state index in [1.165, 1.54) is 12.7 Å². The lowest BCUT2D eigenvalue weighted by Crippen LogP contribution is -2.35. The summed E-state index contributed by atoms with van der Waals surface area (Å²) >= 11 is 0. The molecule has 0 spiro atoms. The van der Waals surface area contributed by atoms with Gasteiger partial charge in [0.2, 0.25) is 0 Å². The van der Waals surface area contributed by atoms with E-state index in [0.29, 0.717) is 17.9 Å². The minimum Gasteiger partial charge on any atom is -0.457 e. The van der Waals surface area contributed by atoms with Crippen LogP contribution in [0, 0.1) is 12.8 Å². The number of hydrogen-bond donors (Lipinski definition) is 2. The summed E-state index contributed by atoms with van der Waals surface area (Å²) in [6, 6.07) is 16.7. The average molecular weight is 412 g/mol. The minimum absolute atomic E-state index is 0.299. The number of piperidine rings is 1. The zero-order valence-corrected chi connectivity index (χ0v) is 17.3. The van der Waals surface area contributed by atoms with E-state index < -0.39 is 0 Å². The normalized spacial score (nSPS) is 22.3. The molecule has 7 nitrogen and oxygen atoms in total. The number of ether oxygens (including phenoxy) is 1. The van der Waals surface area contributed by atoms with Gasteiger partial charge in [0.1, 0.15) is 29.3 Å². The van der Waals surface area contributed by atoms with Gasteiger partial charge in [-0.25, -0.2) is 14.6 Å². The molecule has 4 aromatic rings. The van der Waals surface area contributed by atoms with Gasteiger partial charge in [0, 0.05) is 11.6 Å². The lowest BCUT2D eigenvalue weighted by atomic mass is 10.1. The highest BCUT2D eigenvalue weighted by molar-refractivity contribution is 5.98. The van der Waals surface area contributed by atoms with Crippen molar-refractivity contribution in [3.8, 4) is 22.8 Å². The summed E-state index contributed by atoms with van der Waals surface area (Å²) in [7, 11) is 0. The third-order valence-electron chi connectivity index (χ3n) is 6.48. The number of nitrogen functional groups attached to an aromatic ring is 1. The van der Waals surface area contributed by atoms with Crippen LogP contribution in [0.5, 0.6) is 11.5 Å². The monoisotopic (exact) mass is 412 g/mol. The Morgan fingerprint density at radius 2 is 1.94 bits per heavy atom. The first-order valence-corrected chi connectivity index (χ1v) is 10.7. The molecule has 0 radical (unpaired) electrons. The highest BCUT2D eigenvalue weighted by atomic mass is 16.5. The van der Waals surface area contributed by atoms with E-state index in [9.17, 15) is 0 Å². The maximum Gasteiger partial charge on any atom is 0.164 e. The fraction of sp³-hybridized carbons (Fsp3) is 0.292. The van der Waals surface area contributed by atoms with Crippen molar-refractivity contribution < 1.29 is 4.74 Å². The van der Waals surface area contributed by atoms with Gasteiger partial charge in [-0.2, -0.15) is 5.10 Å². The molecular weight excluding hydrogens is 388 g/mol. The Kier molecular flexibility index (Phi) is 4.17. The zero-order chi connectivity index (χ0) is 20.9. The van der Waals surface area contributed by atoms with Gasteiger partial charge in [-0.15, -0.1) is 0 Å². The first kappa shape index (κ1) is 18.3. The van der Waals surface area contributed by atoms with Gasteiger partial charge in [-0.3, -0.25) is 0 Å². The fourth-order valence-corrected chi connectivity index (χ4v) is 5.02. The second-order valence-electron chi connectivity index (χ2n) is 8.61. The Labute approximate surface area is 180 Å². The van der Waals surface area contributed by atoms with Crippen molar-refractivity contribution in [1.82, 2.24) is 25.1 Å². The van der Waals surface area contributed by atoms with Crippen LogP contribution in [-0.2, 0) is 0 Å². The molecule has 31 heavy (non-hydrogen) atoms. The predicted molar refractivity (Wildman–Crippen MR) is 120 cm³/mol. The maximum absolute atomic E-state index is 6.28. The molecule has 1 aliphatic heterocycles. The van der Waals surface area contributed by atoms with E-state index in [4.69, 9.17) is 15.6 Å². The van der Waals surface area contributed by atoms with Crippen LogP contribution >= 0.6 is 0 Å². The van der Waals surface area contributed by atoms with Crippen LogP contribution < -0.4 is 15.8 Å². The number of fused-ring (bicyclic) bond motifs is 3. The quantitative estimate of drug-likeness (QED) is 0.524. The van der Waals surface area contributed by atoms with Gasteiger partial charge in [0.05, 0.1) is 11.4 Å². The van der Waals surface area contributed by atoms with Gasteiger partial charge in [0.25, 0.3) is 0 Å². The summed E-state index contributed by atoms with van der Waals surface area (Å²) in [6.45, 7) is 3.16. The largest absolute Gasteiger partial charge is 0.457 e. The molecule has 2 bridgehead atoms. The summed E-state index contributed by atoms with van der Waals surface area (Å²) in [5.74, 6) is 2.78. The van der Waals surface area contributed by atoms with Crippen molar-refractivity contribution in [2.75, 3.05) is 12.3 Å². The van der Waals surface area contributed by atoms with Crippen LogP contribution in [0.2, 0.25) is 0 Å². The minimum atomic E-state index is 0.299. The molecule has 2 aromatic carbocycles. The Hall–Kier alpha value is -3.45. The van der Waals surface area contributed by atoms with Crippen LogP contribution in [0.15, 0.2) is 54.9 Å². The third-order valence-corrected chi connectivity index (χ3v) is 6.48. The van der Waals surface area contributed by atoms with Crippen molar-refractivity contribution in [1.29, 1.82) is 0 Å². The van der Waals surface area contributed by atoms with Crippen molar-refractivity contribution in [3.05, 3.63) is 60.4 Å². The van der Waals surface area contributed by atoms with E-state index in [0.717, 1.165) is 58.2 Å². The zero-order valence-electron chi connectivity index (χ0n) is 17.3. The number of benzene rings is 2. The smallest absolute Gasteiger partial charge is 0.164 e. The maximum atomic E-state index is 6.28. The number of nitrogens with two attached hydrogens (primary N) is 1. The Morgan fingerprint density at radius 3 is 2.68 bits per heavy atom. The third kappa shape index (κ3) is 3.13. The van der Waals surface area contributed by atoms with E-state index >= 15 is 0 Å². The summed E-state index contributed by atoms with van der Waals surface area (Å²) in [5.41, 5.74) is 10.0. The van der Waals surface area contributed by atoms with Gasteiger partial charge >= 0.3 is 0 Å². The Balaban J connectivity index is 1.37. The number of nitrogens with zero attached hydrogens (tertiary/aromatic N) is 4. The van der Waals surface area contributed by atoms with Gasteiger partial charge in [0.15, 0.2) is 5.65 Å². The molecule has 3 atom stereocenters. The number of rotatable bonds is 4. The second kappa shape index (κ2) is 7.06. The van der Waals surface area contributed by atoms with Crippen molar-refractivity contribution in [2.45, 2.75) is 31.8 Å². The Bertz CT molecular complexity index is 1270. The molecule has 3 unspecified atom stereocenters. The fourth-order valence-electron chi connectivity index (χ4n) is 5.02. The highest BCUT2D eigenvalue weighted by Crippen LogP contribution is 2.42. The number of aryl methyl sites for hydroxylation is 1. The van der Waals surface area contributed by atoms with Crippen molar-refractivity contribution >= 4 is 16.9 Å². The van der Waals surface area contributed by atoms with Gasteiger partial charge < -0.3 is 15.8 Å². The van der Waals surface area contributed by atoms with Crippen LogP contribution in [0.3, 0.4) is 0 Å². The second-order valence-corrected chi connectivity index (χ2v) is 8.61. The van der Waals surface area contributed by atoms with E-state index in [-0.39, 0.29) is 0 Å². The Morgan fingerprint density at radius 1 is 1.06 bits per heavy atom. The molecule has 2 aromatic heterocycles. The van der Waals surface area contributed by atoms with Crippen LogP contribution in [0.25, 0.3) is 22.3 Å². The highest BCUT2D eigenvalue weighted by Gasteiger charge is 2.42. The molecule has 2 aliphatic rings. The molecule has 1 aliphatic carbocycles. The molecule has 1 saturated heterocycles. The molecule has 1 saturated carbocycles.